The van der Waals surface area contributed by atoms with E-state index in [1.165, 1.54) is 6.21 Å². The van der Waals surface area contributed by atoms with E-state index >= 15 is 0 Å². The molecule has 0 aliphatic heterocycles. The fraction of sp³-hybridized carbons (Fsp3) is 0.190. The van der Waals surface area contributed by atoms with E-state index in [2.05, 4.69) is 15.5 Å². The fourth-order valence-corrected chi connectivity index (χ4v) is 2.83. The Morgan fingerprint density at radius 1 is 1.11 bits per heavy atom. The molecule has 6 nitrogen and oxygen atoms in total. The molecule has 0 spiro atoms. The predicted octanol–water partition coefficient (Wildman–Crippen LogP) is 3.63. The number of pyridine rings is 1. The average Bonchev–Trinajstić information content (AvgIpc) is 2.68. The largest absolute Gasteiger partial charge is 0.497 e. The van der Waals surface area contributed by atoms with Gasteiger partial charge in [-0.25, -0.2) is 5.43 Å². The molecule has 6 heteroatoms. The molecule has 1 heterocycles. The number of hydrogen-bond acceptors (Lipinski definition) is 5. The molecule has 0 fully saturated rings. The van der Waals surface area contributed by atoms with Gasteiger partial charge in [-0.15, -0.1) is 0 Å². The summed E-state index contributed by atoms with van der Waals surface area (Å²) in [7, 11) is 3.16. The third-order valence-electron chi connectivity index (χ3n) is 4.29. The zero-order valence-electron chi connectivity index (χ0n) is 15.7. The summed E-state index contributed by atoms with van der Waals surface area (Å²) in [6, 6.07) is 13.1. The van der Waals surface area contributed by atoms with Crippen molar-refractivity contribution in [3.63, 3.8) is 0 Å². The van der Waals surface area contributed by atoms with Crippen molar-refractivity contribution >= 4 is 23.0 Å². The highest BCUT2D eigenvalue weighted by atomic mass is 16.5. The molecule has 0 atom stereocenters. The van der Waals surface area contributed by atoms with Crippen molar-refractivity contribution < 1.29 is 14.3 Å². The number of aromatic nitrogens is 1. The number of ether oxygens (including phenoxy) is 2. The summed E-state index contributed by atoms with van der Waals surface area (Å²) >= 11 is 0. The molecule has 0 bridgehead atoms. The maximum Gasteiger partial charge on any atom is 0.273 e. The van der Waals surface area contributed by atoms with Crippen molar-refractivity contribution in [3.8, 4) is 11.5 Å². The van der Waals surface area contributed by atoms with Crippen molar-refractivity contribution in [2.45, 2.75) is 13.8 Å². The van der Waals surface area contributed by atoms with E-state index in [0.717, 1.165) is 16.5 Å². The summed E-state index contributed by atoms with van der Waals surface area (Å²) in [6.45, 7) is 3.82. The Balaban J connectivity index is 1.83. The second kappa shape index (κ2) is 7.86. The van der Waals surface area contributed by atoms with Crippen LogP contribution >= 0.6 is 0 Å². The number of nitrogens with zero attached hydrogens (tertiary/aromatic N) is 2. The molecule has 2 aromatic carbocycles. The van der Waals surface area contributed by atoms with Crippen LogP contribution in [0.4, 0.5) is 0 Å². The molecule has 1 aromatic heterocycles. The lowest BCUT2D eigenvalue weighted by molar-refractivity contribution is 0.0954. The Labute approximate surface area is 157 Å². The standard InChI is InChI=1S/C21H21N3O3/c1-13-6-5-7-15-11-18(14(2)23-20(13)15)21(25)24-22-12-16-10-17(26-3)8-9-19(16)27-4/h5-12H,1-4H3,(H,24,25)/b22-12-. The van der Waals surface area contributed by atoms with Crippen LogP contribution in [0.2, 0.25) is 0 Å². The number of fused-ring (bicyclic) bond motifs is 1. The monoisotopic (exact) mass is 363 g/mol. The third kappa shape index (κ3) is 3.89. The first kappa shape index (κ1) is 18.4. The molecule has 0 unspecified atom stereocenters. The second-order valence-electron chi connectivity index (χ2n) is 6.07. The molecule has 0 saturated heterocycles. The Morgan fingerprint density at radius 3 is 2.67 bits per heavy atom. The number of benzene rings is 2. The maximum absolute atomic E-state index is 12.5. The second-order valence-corrected chi connectivity index (χ2v) is 6.07. The van der Waals surface area contributed by atoms with Gasteiger partial charge in [0.25, 0.3) is 5.91 Å². The third-order valence-corrected chi connectivity index (χ3v) is 4.29. The van der Waals surface area contributed by atoms with Crippen LogP contribution in [0.5, 0.6) is 11.5 Å². The van der Waals surface area contributed by atoms with Gasteiger partial charge in [0.05, 0.1) is 37.2 Å². The number of methoxy groups -OCH3 is 2. The van der Waals surface area contributed by atoms with Gasteiger partial charge in [0, 0.05) is 10.9 Å². The number of amides is 1. The Bertz CT molecular complexity index is 1030. The molecule has 0 radical (unpaired) electrons. The summed E-state index contributed by atoms with van der Waals surface area (Å²) < 4.78 is 10.5. The van der Waals surface area contributed by atoms with E-state index in [1.54, 1.807) is 32.4 Å². The number of aryl methyl sites for hydroxylation is 2. The Morgan fingerprint density at radius 2 is 1.93 bits per heavy atom. The number of carbonyl (C=O) groups is 1. The lowest BCUT2D eigenvalue weighted by Crippen LogP contribution is -2.19. The summed E-state index contributed by atoms with van der Waals surface area (Å²) in [5.41, 5.74) is 6.36. The lowest BCUT2D eigenvalue weighted by Gasteiger charge is -2.08. The number of rotatable bonds is 5. The molecule has 0 aliphatic rings. The van der Waals surface area contributed by atoms with Crippen LogP contribution in [-0.2, 0) is 0 Å². The van der Waals surface area contributed by atoms with Gasteiger partial charge in [-0.05, 0) is 43.7 Å². The van der Waals surface area contributed by atoms with Crippen LogP contribution in [-0.4, -0.2) is 31.3 Å². The molecule has 3 rings (SSSR count). The molecular formula is C21H21N3O3. The molecule has 1 amide bonds. The highest BCUT2D eigenvalue weighted by Gasteiger charge is 2.12. The number of nitrogens with one attached hydrogen (secondary N) is 1. The maximum atomic E-state index is 12.5. The summed E-state index contributed by atoms with van der Waals surface area (Å²) in [5, 5.41) is 4.97. The van der Waals surface area contributed by atoms with E-state index < -0.39 is 0 Å². The minimum atomic E-state index is -0.318. The van der Waals surface area contributed by atoms with Crippen LogP contribution in [0.3, 0.4) is 0 Å². The highest BCUT2D eigenvalue weighted by molar-refractivity contribution is 5.99. The molecule has 1 N–H and O–H groups in total. The Hall–Kier alpha value is -3.41. The van der Waals surface area contributed by atoms with Crippen molar-refractivity contribution in [1.82, 2.24) is 10.4 Å². The van der Waals surface area contributed by atoms with Gasteiger partial charge in [-0.3, -0.25) is 9.78 Å². The smallest absolute Gasteiger partial charge is 0.273 e. The normalized spacial score (nSPS) is 11.0. The quantitative estimate of drug-likeness (QED) is 0.555. The van der Waals surface area contributed by atoms with Crippen molar-refractivity contribution in [1.29, 1.82) is 0 Å². The number of hydrogen-bond donors (Lipinski definition) is 1. The van der Waals surface area contributed by atoms with Gasteiger partial charge in [0.2, 0.25) is 0 Å². The Kier molecular flexibility index (Phi) is 5.35. The van der Waals surface area contributed by atoms with Crippen molar-refractivity contribution in [2.24, 2.45) is 5.10 Å². The molecule has 27 heavy (non-hydrogen) atoms. The van der Waals surface area contributed by atoms with Crippen molar-refractivity contribution in [3.05, 3.63) is 64.8 Å². The lowest BCUT2D eigenvalue weighted by atomic mass is 10.1. The minimum Gasteiger partial charge on any atom is -0.497 e. The first-order valence-corrected chi connectivity index (χ1v) is 8.46. The van der Waals surface area contributed by atoms with Crippen molar-refractivity contribution in [2.75, 3.05) is 14.2 Å². The summed E-state index contributed by atoms with van der Waals surface area (Å²) in [5.74, 6) is 0.989. The minimum absolute atomic E-state index is 0.318. The van der Waals surface area contributed by atoms with Gasteiger partial charge in [-0.1, -0.05) is 18.2 Å². The van der Waals surface area contributed by atoms with Gasteiger partial charge in [0.1, 0.15) is 11.5 Å². The first-order valence-electron chi connectivity index (χ1n) is 8.46. The van der Waals surface area contributed by atoms with Crippen LogP contribution in [0.1, 0.15) is 27.2 Å². The van der Waals surface area contributed by atoms with Crippen LogP contribution < -0.4 is 14.9 Å². The molecule has 138 valence electrons. The van der Waals surface area contributed by atoms with Gasteiger partial charge in [-0.2, -0.15) is 5.10 Å². The highest BCUT2D eigenvalue weighted by Crippen LogP contribution is 2.22. The van der Waals surface area contributed by atoms with Gasteiger partial charge >= 0.3 is 0 Å². The SMILES string of the molecule is COc1ccc(OC)c(/C=N\NC(=O)c2cc3cccc(C)c3nc2C)c1. The summed E-state index contributed by atoms with van der Waals surface area (Å²) in [6.07, 6.45) is 1.52. The van der Waals surface area contributed by atoms with Gasteiger partial charge in [0.15, 0.2) is 0 Å². The van der Waals surface area contributed by atoms with Crippen LogP contribution in [0.15, 0.2) is 47.6 Å². The van der Waals surface area contributed by atoms with Crippen LogP contribution in [0.25, 0.3) is 10.9 Å². The molecular weight excluding hydrogens is 342 g/mol. The molecule has 0 saturated carbocycles. The first-order chi connectivity index (χ1) is 13.0. The number of carbonyl (C=O) groups excluding carboxylic acids is 1. The molecule has 3 aromatic rings. The average molecular weight is 363 g/mol. The zero-order valence-corrected chi connectivity index (χ0v) is 15.7. The van der Waals surface area contributed by atoms with Gasteiger partial charge < -0.3 is 9.47 Å². The summed E-state index contributed by atoms with van der Waals surface area (Å²) in [4.78, 5) is 17.1. The van der Waals surface area contributed by atoms with E-state index in [9.17, 15) is 4.79 Å². The van der Waals surface area contributed by atoms with E-state index in [4.69, 9.17) is 9.47 Å². The van der Waals surface area contributed by atoms with E-state index in [0.29, 0.717) is 28.3 Å². The van der Waals surface area contributed by atoms with E-state index in [-0.39, 0.29) is 5.91 Å². The van der Waals surface area contributed by atoms with Crippen LogP contribution in [0, 0.1) is 13.8 Å². The number of hydrazone groups is 1. The van der Waals surface area contributed by atoms with E-state index in [1.807, 2.05) is 38.1 Å². The zero-order chi connectivity index (χ0) is 19.4. The predicted molar refractivity (Wildman–Crippen MR) is 106 cm³/mol. The number of para-hydroxylation sites is 1. The molecule has 0 aliphatic carbocycles. The topological polar surface area (TPSA) is 72.8 Å². The fourth-order valence-electron chi connectivity index (χ4n) is 2.83.